The maximum Gasteiger partial charge on any atom is 0.161 e. The number of ether oxygens (including phenoxy) is 2. The summed E-state index contributed by atoms with van der Waals surface area (Å²) in [6.07, 6.45) is 0. The number of benzene rings is 2. The molecular formula is C16H15FN2O2. The summed E-state index contributed by atoms with van der Waals surface area (Å²) < 4.78 is 24.6. The largest absolute Gasteiger partial charge is 0.493 e. The normalized spacial score (nSPS) is 10.0. The number of hydrogen-bond acceptors (Lipinski definition) is 4. The highest BCUT2D eigenvalue weighted by atomic mass is 19.1. The lowest BCUT2D eigenvalue weighted by Gasteiger charge is -2.12. The molecule has 4 nitrogen and oxygen atoms in total. The van der Waals surface area contributed by atoms with E-state index < -0.39 is 5.82 Å². The van der Waals surface area contributed by atoms with E-state index in [-0.39, 0.29) is 12.2 Å². The summed E-state index contributed by atoms with van der Waals surface area (Å²) >= 11 is 0. The zero-order valence-electron chi connectivity index (χ0n) is 11.6. The van der Waals surface area contributed by atoms with Crippen LogP contribution in [0.3, 0.4) is 0 Å². The molecule has 2 N–H and O–H groups in total. The van der Waals surface area contributed by atoms with Crippen LogP contribution in [0.1, 0.15) is 16.7 Å². The predicted octanol–water partition coefficient (Wildman–Crippen LogP) is 2.74. The minimum Gasteiger partial charge on any atom is -0.493 e. The first-order valence-electron chi connectivity index (χ1n) is 6.36. The number of rotatable bonds is 5. The van der Waals surface area contributed by atoms with Crippen molar-refractivity contribution in [2.45, 2.75) is 13.2 Å². The molecule has 2 rings (SSSR count). The lowest BCUT2D eigenvalue weighted by molar-refractivity contribution is 0.279. The van der Waals surface area contributed by atoms with Gasteiger partial charge >= 0.3 is 0 Å². The Bertz CT molecular complexity index is 680. The van der Waals surface area contributed by atoms with Gasteiger partial charge in [0.15, 0.2) is 11.5 Å². The summed E-state index contributed by atoms with van der Waals surface area (Å²) in [6.45, 7) is 0.424. The SMILES string of the molecule is COc1ccc(CN)cc1OCc1ccc(C#N)cc1F. The van der Waals surface area contributed by atoms with Gasteiger partial charge in [0.25, 0.3) is 0 Å². The van der Waals surface area contributed by atoms with Crippen molar-refractivity contribution in [2.24, 2.45) is 5.73 Å². The highest BCUT2D eigenvalue weighted by Gasteiger charge is 2.08. The van der Waals surface area contributed by atoms with Gasteiger partial charge in [-0.1, -0.05) is 12.1 Å². The Morgan fingerprint density at radius 3 is 2.62 bits per heavy atom. The highest BCUT2D eigenvalue weighted by Crippen LogP contribution is 2.29. The molecule has 0 heterocycles. The quantitative estimate of drug-likeness (QED) is 0.917. The van der Waals surface area contributed by atoms with Crippen LogP contribution in [0.2, 0.25) is 0 Å². The minimum atomic E-state index is -0.469. The molecule has 108 valence electrons. The van der Waals surface area contributed by atoms with Crippen LogP contribution in [0.25, 0.3) is 0 Å². The Hall–Kier alpha value is -2.58. The number of methoxy groups -OCH3 is 1. The number of nitriles is 1. The standard InChI is InChI=1S/C16H15FN2O2/c1-20-15-5-3-12(9-19)7-16(15)21-10-13-4-2-11(8-18)6-14(13)17/h2-7H,9-10,19H2,1H3. The molecule has 0 radical (unpaired) electrons. The Balaban J connectivity index is 2.18. The van der Waals surface area contributed by atoms with Crippen molar-refractivity contribution in [3.63, 3.8) is 0 Å². The van der Waals surface area contributed by atoms with Gasteiger partial charge in [-0.05, 0) is 29.8 Å². The highest BCUT2D eigenvalue weighted by molar-refractivity contribution is 5.43. The fourth-order valence-electron chi connectivity index (χ4n) is 1.85. The molecule has 2 aromatic carbocycles. The second-order valence-electron chi connectivity index (χ2n) is 4.40. The van der Waals surface area contributed by atoms with Crippen LogP contribution in [0.15, 0.2) is 36.4 Å². The van der Waals surface area contributed by atoms with Gasteiger partial charge in [-0.25, -0.2) is 4.39 Å². The lowest BCUT2D eigenvalue weighted by Crippen LogP contribution is -2.02. The van der Waals surface area contributed by atoms with Crippen LogP contribution in [0.5, 0.6) is 11.5 Å². The van der Waals surface area contributed by atoms with Gasteiger partial charge in [-0.15, -0.1) is 0 Å². The van der Waals surface area contributed by atoms with Crippen molar-refractivity contribution < 1.29 is 13.9 Å². The molecule has 0 saturated carbocycles. The first-order valence-corrected chi connectivity index (χ1v) is 6.36. The summed E-state index contributed by atoms with van der Waals surface area (Å²) in [4.78, 5) is 0. The van der Waals surface area contributed by atoms with Gasteiger partial charge in [-0.2, -0.15) is 5.26 Å². The van der Waals surface area contributed by atoms with E-state index in [1.54, 1.807) is 18.2 Å². The van der Waals surface area contributed by atoms with Gasteiger partial charge in [0.1, 0.15) is 12.4 Å². The Morgan fingerprint density at radius 2 is 2.00 bits per heavy atom. The molecule has 0 amide bonds. The number of halogens is 1. The first-order chi connectivity index (χ1) is 10.2. The van der Waals surface area contributed by atoms with E-state index >= 15 is 0 Å². The van der Waals surface area contributed by atoms with Gasteiger partial charge in [0, 0.05) is 12.1 Å². The van der Waals surface area contributed by atoms with E-state index in [1.165, 1.54) is 19.2 Å². The molecule has 21 heavy (non-hydrogen) atoms. The second-order valence-corrected chi connectivity index (χ2v) is 4.40. The van der Waals surface area contributed by atoms with Crippen molar-refractivity contribution in [3.8, 4) is 17.6 Å². The van der Waals surface area contributed by atoms with Crippen molar-refractivity contribution in [3.05, 3.63) is 58.9 Å². The third-order valence-electron chi connectivity index (χ3n) is 3.03. The van der Waals surface area contributed by atoms with Gasteiger partial charge in [0.05, 0.1) is 18.7 Å². The zero-order chi connectivity index (χ0) is 15.2. The lowest BCUT2D eigenvalue weighted by atomic mass is 10.1. The minimum absolute atomic E-state index is 0.0436. The van der Waals surface area contributed by atoms with E-state index in [0.29, 0.717) is 23.6 Å². The van der Waals surface area contributed by atoms with Gasteiger partial charge in [0.2, 0.25) is 0 Å². The molecule has 0 unspecified atom stereocenters. The summed E-state index contributed by atoms with van der Waals surface area (Å²) in [6, 6.07) is 11.5. The summed E-state index contributed by atoms with van der Waals surface area (Å²) in [5, 5.41) is 8.71. The molecule has 0 bridgehead atoms. The van der Waals surface area contributed by atoms with Gasteiger partial charge in [-0.3, -0.25) is 0 Å². The van der Waals surface area contributed by atoms with Gasteiger partial charge < -0.3 is 15.2 Å². The maximum absolute atomic E-state index is 13.8. The van der Waals surface area contributed by atoms with E-state index in [1.807, 2.05) is 12.1 Å². The van der Waals surface area contributed by atoms with Crippen LogP contribution < -0.4 is 15.2 Å². The summed E-state index contributed by atoms with van der Waals surface area (Å²) in [5.74, 6) is 0.591. The molecule has 0 spiro atoms. The molecule has 0 aliphatic rings. The van der Waals surface area contributed by atoms with Crippen molar-refractivity contribution in [2.75, 3.05) is 7.11 Å². The fourth-order valence-corrected chi connectivity index (χ4v) is 1.85. The molecule has 0 aliphatic carbocycles. The molecule has 5 heteroatoms. The summed E-state index contributed by atoms with van der Waals surface area (Å²) in [5.41, 5.74) is 7.13. The fraction of sp³-hybridized carbons (Fsp3) is 0.188. The molecule has 0 aromatic heterocycles. The topological polar surface area (TPSA) is 68.3 Å². The predicted molar refractivity (Wildman–Crippen MR) is 76.3 cm³/mol. The third kappa shape index (κ3) is 3.50. The Labute approximate surface area is 122 Å². The van der Waals surface area contributed by atoms with E-state index in [4.69, 9.17) is 20.5 Å². The monoisotopic (exact) mass is 286 g/mol. The third-order valence-corrected chi connectivity index (χ3v) is 3.03. The smallest absolute Gasteiger partial charge is 0.161 e. The molecule has 2 aromatic rings. The molecular weight excluding hydrogens is 271 g/mol. The Kier molecular flexibility index (Phi) is 4.75. The Morgan fingerprint density at radius 1 is 1.19 bits per heavy atom. The van der Waals surface area contributed by atoms with Crippen LogP contribution in [-0.4, -0.2) is 7.11 Å². The number of hydrogen-bond donors (Lipinski definition) is 1. The van der Waals surface area contributed by atoms with Crippen molar-refractivity contribution in [1.82, 2.24) is 0 Å². The molecule has 0 saturated heterocycles. The number of nitrogens with zero attached hydrogens (tertiary/aromatic N) is 1. The van der Waals surface area contributed by atoms with Crippen LogP contribution >= 0.6 is 0 Å². The molecule has 0 atom stereocenters. The second kappa shape index (κ2) is 6.73. The maximum atomic E-state index is 13.8. The summed E-state index contributed by atoms with van der Waals surface area (Å²) in [7, 11) is 1.53. The average molecular weight is 286 g/mol. The molecule has 0 aliphatic heterocycles. The van der Waals surface area contributed by atoms with Crippen LogP contribution in [0.4, 0.5) is 4.39 Å². The molecule has 0 fully saturated rings. The van der Waals surface area contributed by atoms with Crippen LogP contribution in [0, 0.1) is 17.1 Å². The average Bonchev–Trinajstić information content (AvgIpc) is 2.53. The van der Waals surface area contributed by atoms with Crippen molar-refractivity contribution >= 4 is 0 Å². The zero-order valence-corrected chi connectivity index (χ0v) is 11.6. The first kappa shape index (κ1) is 14.8. The van der Waals surface area contributed by atoms with E-state index in [2.05, 4.69) is 0 Å². The van der Waals surface area contributed by atoms with E-state index in [0.717, 1.165) is 5.56 Å². The van der Waals surface area contributed by atoms with E-state index in [9.17, 15) is 4.39 Å². The van der Waals surface area contributed by atoms with Crippen molar-refractivity contribution in [1.29, 1.82) is 5.26 Å². The number of nitrogens with two attached hydrogens (primary N) is 1. The van der Waals surface area contributed by atoms with Crippen LogP contribution in [-0.2, 0) is 13.2 Å².